The van der Waals surface area contributed by atoms with E-state index in [4.69, 9.17) is 0 Å². The number of rotatable bonds is 8. The molecule has 0 aliphatic carbocycles. The van der Waals surface area contributed by atoms with E-state index >= 15 is 0 Å². The second-order valence-corrected chi connectivity index (χ2v) is 5.78. The van der Waals surface area contributed by atoms with Gasteiger partial charge in [-0.3, -0.25) is 9.39 Å². The molecule has 3 aromatic heterocycles. The number of guanidine groups is 1. The molecule has 9 heteroatoms. The van der Waals surface area contributed by atoms with Crippen molar-refractivity contribution in [1.29, 1.82) is 0 Å². The predicted octanol–water partition coefficient (Wildman–Crippen LogP) is 0.681. The highest BCUT2D eigenvalue weighted by molar-refractivity contribution is 5.79. The zero-order valence-corrected chi connectivity index (χ0v) is 15.3. The van der Waals surface area contributed by atoms with E-state index in [1.165, 1.54) is 0 Å². The molecule has 3 rings (SSSR count). The van der Waals surface area contributed by atoms with Gasteiger partial charge in [0.1, 0.15) is 18.0 Å². The lowest BCUT2D eigenvalue weighted by molar-refractivity contribution is 0.632. The Hall–Kier alpha value is -2.97. The fourth-order valence-electron chi connectivity index (χ4n) is 2.71. The van der Waals surface area contributed by atoms with Crippen molar-refractivity contribution in [3.05, 3.63) is 42.4 Å². The monoisotopic (exact) mass is 355 g/mol. The van der Waals surface area contributed by atoms with Gasteiger partial charge in [-0.05, 0) is 19.1 Å². The molecule has 3 aromatic rings. The smallest absolute Gasteiger partial charge is 0.191 e. The third kappa shape index (κ3) is 4.35. The van der Waals surface area contributed by atoms with Crippen LogP contribution in [0.25, 0.3) is 5.65 Å². The molecule has 0 aliphatic rings. The van der Waals surface area contributed by atoms with Gasteiger partial charge in [-0.15, -0.1) is 20.4 Å². The van der Waals surface area contributed by atoms with Crippen molar-refractivity contribution in [2.24, 2.45) is 4.99 Å². The summed E-state index contributed by atoms with van der Waals surface area (Å²) in [5.41, 5.74) is 0.859. The van der Waals surface area contributed by atoms with Gasteiger partial charge in [0.2, 0.25) is 0 Å². The Kier molecular flexibility index (Phi) is 6.13. The Bertz CT molecular complexity index is 849. The first kappa shape index (κ1) is 17.8. The van der Waals surface area contributed by atoms with E-state index in [2.05, 4.69) is 54.4 Å². The van der Waals surface area contributed by atoms with Gasteiger partial charge in [0.15, 0.2) is 11.6 Å². The van der Waals surface area contributed by atoms with E-state index in [0.29, 0.717) is 6.54 Å². The molecule has 26 heavy (non-hydrogen) atoms. The van der Waals surface area contributed by atoms with Gasteiger partial charge in [-0.2, -0.15) is 0 Å². The van der Waals surface area contributed by atoms with Crippen LogP contribution in [0.15, 0.2) is 35.7 Å². The molecule has 0 atom stereocenters. The van der Waals surface area contributed by atoms with Gasteiger partial charge in [0.25, 0.3) is 0 Å². The summed E-state index contributed by atoms with van der Waals surface area (Å²) >= 11 is 0. The zero-order valence-electron chi connectivity index (χ0n) is 15.3. The maximum absolute atomic E-state index is 4.63. The van der Waals surface area contributed by atoms with Crippen molar-refractivity contribution in [2.75, 3.05) is 19.6 Å². The Morgan fingerprint density at radius 1 is 1.12 bits per heavy atom. The van der Waals surface area contributed by atoms with Crippen LogP contribution in [0, 0.1) is 0 Å². The lowest BCUT2D eigenvalue weighted by Gasteiger charge is -2.12. The van der Waals surface area contributed by atoms with Crippen LogP contribution in [0.3, 0.4) is 0 Å². The van der Waals surface area contributed by atoms with Crippen LogP contribution in [-0.4, -0.2) is 55.0 Å². The molecule has 0 saturated carbocycles. The summed E-state index contributed by atoms with van der Waals surface area (Å²) in [6.45, 7) is 7.14. The fourth-order valence-corrected chi connectivity index (χ4v) is 2.71. The number of aryl methyl sites for hydroxylation is 1. The lowest BCUT2D eigenvalue weighted by atomic mass is 10.4. The second-order valence-electron chi connectivity index (χ2n) is 5.78. The highest BCUT2D eigenvalue weighted by atomic mass is 15.3. The third-order valence-electron chi connectivity index (χ3n) is 3.99. The molecule has 0 amide bonds. The SMILES string of the molecule is CCNC(=NCCc1nnc2ccccn12)NCCn1cnnc1CC. The first-order valence-corrected chi connectivity index (χ1v) is 8.99. The number of aromatic nitrogens is 6. The Balaban J connectivity index is 1.53. The van der Waals surface area contributed by atoms with Crippen molar-refractivity contribution in [1.82, 2.24) is 40.0 Å². The molecule has 138 valence electrons. The summed E-state index contributed by atoms with van der Waals surface area (Å²) in [6.07, 6.45) is 5.34. The second kappa shape index (κ2) is 8.93. The molecule has 2 N–H and O–H groups in total. The normalized spacial score (nSPS) is 11.8. The number of nitrogens with one attached hydrogen (secondary N) is 2. The summed E-state index contributed by atoms with van der Waals surface area (Å²) < 4.78 is 4.05. The van der Waals surface area contributed by atoms with Crippen LogP contribution in [0.5, 0.6) is 0 Å². The molecule has 0 bridgehead atoms. The van der Waals surface area contributed by atoms with Crippen LogP contribution < -0.4 is 10.6 Å². The molecular weight excluding hydrogens is 330 g/mol. The molecule has 0 unspecified atom stereocenters. The minimum absolute atomic E-state index is 0.637. The molecule has 0 spiro atoms. The lowest BCUT2D eigenvalue weighted by Crippen LogP contribution is -2.39. The van der Waals surface area contributed by atoms with Crippen LogP contribution >= 0.6 is 0 Å². The van der Waals surface area contributed by atoms with Crippen molar-refractivity contribution >= 4 is 11.6 Å². The maximum Gasteiger partial charge on any atom is 0.191 e. The van der Waals surface area contributed by atoms with Gasteiger partial charge in [-0.25, -0.2) is 0 Å². The molecule has 0 fully saturated rings. The van der Waals surface area contributed by atoms with Crippen molar-refractivity contribution in [2.45, 2.75) is 33.2 Å². The summed E-state index contributed by atoms with van der Waals surface area (Å²) in [5.74, 6) is 2.71. The molecule has 0 saturated heterocycles. The first-order valence-electron chi connectivity index (χ1n) is 8.99. The molecule has 0 aromatic carbocycles. The van der Waals surface area contributed by atoms with E-state index in [1.54, 1.807) is 6.33 Å². The Labute approximate surface area is 152 Å². The number of hydrogen-bond acceptors (Lipinski definition) is 5. The minimum atomic E-state index is 0.637. The predicted molar refractivity (Wildman–Crippen MR) is 100 cm³/mol. The average molecular weight is 355 g/mol. The standard InChI is InChI=1S/C17H25N9/c1-3-14-22-21-13-25(14)12-10-20-17(18-4-2)19-9-8-16-24-23-15-7-5-6-11-26(15)16/h5-7,11,13H,3-4,8-10,12H2,1-2H3,(H2,18,19,20). The van der Waals surface area contributed by atoms with Crippen LogP contribution in [-0.2, 0) is 19.4 Å². The maximum atomic E-state index is 4.63. The van der Waals surface area contributed by atoms with E-state index in [-0.39, 0.29) is 0 Å². The molecule has 9 nitrogen and oxygen atoms in total. The Morgan fingerprint density at radius 2 is 2.04 bits per heavy atom. The van der Waals surface area contributed by atoms with Crippen LogP contribution in [0.2, 0.25) is 0 Å². The van der Waals surface area contributed by atoms with Gasteiger partial charge in [0, 0.05) is 45.2 Å². The molecule has 3 heterocycles. The first-order chi connectivity index (χ1) is 12.8. The van der Waals surface area contributed by atoms with Gasteiger partial charge in [-0.1, -0.05) is 13.0 Å². The van der Waals surface area contributed by atoms with Gasteiger partial charge >= 0.3 is 0 Å². The van der Waals surface area contributed by atoms with Crippen LogP contribution in [0.4, 0.5) is 0 Å². The number of hydrogen-bond donors (Lipinski definition) is 2. The minimum Gasteiger partial charge on any atom is -0.357 e. The van der Waals surface area contributed by atoms with Gasteiger partial charge < -0.3 is 15.2 Å². The van der Waals surface area contributed by atoms with E-state index in [1.807, 2.05) is 28.8 Å². The highest BCUT2D eigenvalue weighted by Crippen LogP contribution is 2.03. The fraction of sp³-hybridized carbons (Fsp3) is 0.471. The quantitative estimate of drug-likeness (QED) is 0.456. The van der Waals surface area contributed by atoms with E-state index < -0.39 is 0 Å². The topological polar surface area (TPSA) is 97.3 Å². The number of aliphatic imine (C=N–C) groups is 1. The van der Waals surface area contributed by atoms with Crippen molar-refractivity contribution in [3.63, 3.8) is 0 Å². The van der Waals surface area contributed by atoms with Crippen molar-refractivity contribution in [3.8, 4) is 0 Å². The number of fused-ring (bicyclic) bond motifs is 1. The van der Waals surface area contributed by atoms with E-state index in [9.17, 15) is 0 Å². The summed E-state index contributed by atoms with van der Waals surface area (Å²) in [7, 11) is 0. The third-order valence-corrected chi connectivity index (χ3v) is 3.99. The number of nitrogens with zero attached hydrogens (tertiary/aromatic N) is 7. The van der Waals surface area contributed by atoms with Crippen molar-refractivity contribution < 1.29 is 0 Å². The average Bonchev–Trinajstić information content (AvgIpc) is 3.28. The molecule has 0 aliphatic heterocycles. The molecule has 0 radical (unpaired) electrons. The highest BCUT2D eigenvalue weighted by Gasteiger charge is 2.05. The summed E-state index contributed by atoms with van der Waals surface area (Å²) in [6, 6.07) is 5.88. The summed E-state index contributed by atoms with van der Waals surface area (Å²) in [5, 5.41) is 23.1. The zero-order chi connectivity index (χ0) is 18.2. The summed E-state index contributed by atoms with van der Waals surface area (Å²) in [4.78, 5) is 4.63. The Morgan fingerprint density at radius 3 is 2.88 bits per heavy atom. The van der Waals surface area contributed by atoms with Crippen LogP contribution in [0.1, 0.15) is 25.5 Å². The largest absolute Gasteiger partial charge is 0.357 e. The van der Waals surface area contributed by atoms with E-state index in [0.717, 1.165) is 55.7 Å². The number of pyridine rings is 1. The van der Waals surface area contributed by atoms with Gasteiger partial charge in [0.05, 0.1) is 0 Å². The molecular formula is C17H25N9.